The molecule has 0 aliphatic heterocycles. The molecule has 0 spiro atoms. The van der Waals surface area contributed by atoms with Crippen LogP contribution in [0.3, 0.4) is 0 Å². The minimum Gasteiger partial charge on any atom is -0.404 e. The Balaban J connectivity index is 3.44. The lowest BCUT2D eigenvalue weighted by Crippen LogP contribution is -2.06. The zero-order valence-corrected chi connectivity index (χ0v) is 10.4. The fraction of sp³-hybridized carbons (Fsp3) is 0.700. The number of nitrogens with zero attached hydrogens (tertiary/aromatic N) is 1. The van der Waals surface area contributed by atoms with Crippen LogP contribution in [0.2, 0.25) is 0 Å². The first-order valence-corrected chi connectivity index (χ1v) is 7.60. The number of rotatable bonds is 6. The van der Waals surface area contributed by atoms with Crippen LogP contribution in [0, 0.1) is 0 Å². The van der Waals surface area contributed by atoms with Crippen LogP contribution in [0.5, 0.6) is 0 Å². The Bertz CT molecular complexity index is 207. The van der Waals surface area contributed by atoms with Crippen LogP contribution in [0.25, 0.3) is 0 Å². The number of hydrogen-bond donors (Lipinski definition) is 1. The van der Waals surface area contributed by atoms with Crippen LogP contribution >= 0.6 is 10.0 Å². The molecule has 4 heteroatoms. The average molecular weight is 218 g/mol. The summed E-state index contributed by atoms with van der Waals surface area (Å²) < 4.78 is 5.36. The van der Waals surface area contributed by atoms with Gasteiger partial charge in [-0.05, 0) is 37.5 Å². The van der Waals surface area contributed by atoms with Crippen molar-refractivity contribution in [3.63, 3.8) is 0 Å². The second-order valence-corrected chi connectivity index (χ2v) is 8.64. The SMILES string of the molecule is CC(C=NCOCCS(C)(C)C)=CN. The Morgan fingerprint density at radius 2 is 2.07 bits per heavy atom. The summed E-state index contributed by atoms with van der Waals surface area (Å²) in [6, 6.07) is 0. The first kappa shape index (κ1) is 13.5. The molecule has 0 aliphatic rings. The van der Waals surface area contributed by atoms with E-state index in [1.54, 1.807) is 6.21 Å². The molecule has 0 aliphatic carbocycles. The lowest BCUT2D eigenvalue weighted by atomic mass is 10.4. The van der Waals surface area contributed by atoms with Gasteiger partial charge in [0.15, 0.2) is 0 Å². The van der Waals surface area contributed by atoms with E-state index in [4.69, 9.17) is 10.5 Å². The predicted molar refractivity (Wildman–Crippen MR) is 67.5 cm³/mol. The fourth-order valence-corrected chi connectivity index (χ4v) is 1.27. The third-order valence-electron chi connectivity index (χ3n) is 1.56. The van der Waals surface area contributed by atoms with Crippen LogP contribution in [0.1, 0.15) is 6.92 Å². The van der Waals surface area contributed by atoms with Crippen molar-refractivity contribution in [1.82, 2.24) is 0 Å². The Kier molecular flexibility index (Phi) is 6.66. The van der Waals surface area contributed by atoms with Crippen molar-refractivity contribution in [1.29, 1.82) is 0 Å². The molecule has 0 aromatic heterocycles. The van der Waals surface area contributed by atoms with Crippen molar-refractivity contribution in [2.24, 2.45) is 10.7 Å². The highest BCUT2D eigenvalue weighted by atomic mass is 32.3. The van der Waals surface area contributed by atoms with Gasteiger partial charge in [-0.15, -0.1) is 0 Å². The molecule has 0 saturated carbocycles. The number of ether oxygens (including phenoxy) is 1. The summed E-state index contributed by atoms with van der Waals surface area (Å²) in [5.74, 6) is 1.13. The quantitative estimate of drug-likeness (QED) is 0.543. The van der Waals surface area contributed by atoms with Gasteiger partial charge in [-0.1, -0.05) is 0 Å². The molecule has 0 atom stereocenters. The minimum atomic E-state index is -0.441. The zero-order chi connectivity index (χ0) is 11.0. The molecule has 14 heavy (non-hydrogen) atoms. The van der Waals surface area contributed by atoms with E-state index in [2.05, 4.69) is 23.8 Å². The molecule has 0 heterocycles. The third-order valence-corrected chi connectivity index (χ3v) is 2.96. The summed E-state index contributed by atoms with van der Waals surface area (Å²) in [5.41, 5.74) is 6.23. The maximum absolute atomic E-state index is 5.36. The van der Waals surface area contributed by atoms with Crippen LogP contribution in [-0.2, 0) is 4.74 Å². The van der Waals surface area contributed by atoms with E-state index in [1.165, 1.54) is 6.20 Å². The summed E-state index contributed by atoms with van der Waals surface area (Å²) in [7, 11) is -0.441. The molecular weight excluding hydrogens is 196 g/mol. The first-order valence-electron chi connectivity index (χ1n) is 4.58. The molecular formula is C10H22N2OS. The number of aliphatic imine (C=N–C) groups is 1. The normalized spacial score (nSPS) is 15.0. The van der Waals surface area contributed by atoms with Crippen molar-refractivity contribution in [2.45, 2.75) is 6.92 Å². The van der Waals surface area contributed by atoms with Gasteiger partial charge in [-0.25, -0.2) is 10.0 Å². The van der Waals surface area contributed by atoms with Gasteiger partial charge in [-0.3, -0.25) is 4.99 Å². The van der Waals surface area contributed by atoms with E-state index in [0.29, 0.717) is 6.73 Å². The standard InChI is InChI=1S/C10H22N2OS/c1-10(7-11)8-12-9-13-5-6-14(2,3)4/h7-8H,5-6,9,11H2,1-4H3. The van der Waals surface area contributed by atoms with Gasteiger partial charge < -0.3 is 10.5 Å². The van der Waals surface area contributed by atoms with Crippen molar-refractivity contribution in [2.75, 3.05) is 37.9 Å². The van der Waals surface area contributed by atoms with Crippen LogP contribution < -0.4 is 5.73 Å². The third kappa shape index (κ3) is 9.61. The highest BCUT2D eigenvalue weighted by Crippen LogP contribution is 2.33. The number of hydrogen-bond acceptors (Lipinski definition) is 3. The highest BCUT2D eigenvalue weighted by Gasteiger charge is 2.02. The zero-order valence-electron chi connectivity index (χ0n) is 9.62. The Morgan fingerprint density at radius 3 is 2.57 bits per heavy atom. The van der Waals surface area contributed by atoms with Gasteiger partial charge in [0.05, 0.1) is 6.61 Å². The van der Waals surface area contributed by atoms with E-state index in [1.807, 2.05) is 6.92 Å². The molecule has 0 rings (SSSR count). The topological polar surface area (TPSA) is 47.6 Å². The molecule has 2 N–H and O–H groups in total. The molecule has 0 saturated heterocycles. The van der Waals surface area contributed by atoms with Crippen LogP contribution in [0.15, 0.2) is 16.8 Å². The van der Waals surface area contributed by atoms with E-state index in [9.17, 15) is 0 Å². The van der Waals surface area contributed by atoms with Gasteiger partial charge in [0.2, 0.25) is 0 Å². The van der Waals surface area contributed by atoms with Crippen molar-refractivity contribution in [3.8, 4) is 0 Å². The maximum Gasteiger partial charge on any atom is 0.137 e. The summed E-state index contributed by atoms with van der Waals surface area (Å²) in [4.78, 5) is 4.08. The Morgan fingerprint density at radius 1 is 1.43 bits per heavy atom. The summed E-state index contributed by atoms with van der Waals surface area (Å²) in [6.07, 6.45) is 10.1. The fourth-order valence-electron chi connectivity index (χ4n) is 0.650. The smallest absolute Gasteiger partial charge is 0.137 e. The summed E-state index contributed by atoms with van der Waals surface area (Å²) in [5, 5.41) is 0. The first-order chi connectivity index (χ1) is 6.45. The molecule has 0 aromatic rings. The lowest BCUT2D eigenvalue weighted by Gasteiger charge is -2.24. The van der Waals surface area contributed by atoms with Crippen molar-refractivity contribution in [3.05, 3.63) is 11.8 Å². The van der Waals surface area contributed by atoms with Gasteiger partial charge in [0, 0.05) is 12.0 Å². The number of nitrogens with two attached hydrogens (primary N) is 1. The molecule has 0 fully saturated rings. The molecule has 0 unspecified atom stereocenters. The van der Waals surface area contributed by atoms with E-state index < -0.39 is 10.0 Å². The highest BCUT2D eigenvalue weighted by molar-refractivity contribution is 8.32. The number of allylic oxidation sites excluding steroid dienone is 1. The minimum absolute atomic E-state index is 0.431. The lowest BCUT2D eigenvalue weighted by molar-refractivity contribution is 0.159. The molecule has 0 amide bonds. The molecule has 0 radical (unpaired) electrons. The second-order valence-electron chi connectivity index (χ2n) is 4.05. The molecule has 84 valence electrons. The maximum atomic E-state index is 5.36. The van der Waals surface area contributed by atoms with E-state index in [-0.39, 0.29) is 0 Å². The molecule has 0 bridgehead atoms. The van der Waals surface area contributed by atoms with Gasteiger partial charge in [0.25, 0.3) is 0 Å². The second kappa shape index (κ2) is 6.90. The van der Waals surface area contributed by atoms with Crippen LogP contribution in [-0.4, -0.2) is 44.1 Å². The average Bonchev–Trinajstić information content (AvgIpc) is 2.08. The van der Waals surface area contributed by atoms with E-state index >= 15 is 0 Å². The van der Waals surface area contributed by atoms with Gasteiger partial charge in [0.1, 0.15) is 6.73 Å². The largest absolute Gasteiger partial charge is 0.404 e. The monoisotopic (exact) mass is 218 g/mol. The van der Waals surface area contributed by atoms with Crippen LogP contribution in [0.4, 0.5) is 0 Å². The molecule has 3 nitrogen and oxygen atoms in total. The Hall–Kier alpha value is -0.480. The van der Waals surface area contributed by atoms with Crippen molar-refractivity contribution >= 4 is 16.2 Å². The Labute approximate surface area is 88.7 Å². The van der Waals surface area contributed by atoms with Crippen molar-refractivity contribution < 1.29 is 4.74 Å². The van der Waals surface area contributed by atoms with Gasteiger partial charge >= 0.3 is 0 Å². The summed E-state index contributed by atoms with van der Waals surface area (Å²) >= 11 is 0. The van der Waals surface area contributed by atoms with E-state index in [0.717, 1.165) is 17.9 Å². The van der Waals surface area contributed by atoms with Gasteiger partial charge in [-0.2, -0.15) is 0 Å². The molecule has 0 aromatic carbocycles. The summed E-state index contributed by atoms with van der Waals surface area (Å²) in [6.45, 7) is 3.13. The predicted octanol–water partition coefficient (Wildman–Crippen LogP) is 1.59.